The van der Waals surface area contributed by atoms with E-state index in [-0.39, 0.29) is 12.4 Å². The average Bonchev–Trinajstić information content (AvgIpc) is 2.67. The van der Waals surface area contributed by atoms with E-state index in [4.69, 9.17) is 0 Å². The van der Waals surface area contributed by atoms with E-state index < -0.39 is 10.0 Å². The van der Waals surface area contributed by atoms with Gasteiger partial charge in [-0.25, -0.2) is 8.42 Å². The zero-order chi connectivity index (χ0) is 17.7. The van der Waals surface area contributed by atoms with Crippen LogP contribution in [0.2, 0.25) is 0 Å². The lowest BCUT2D eigenvalue weighted by Crippen LogP contribution is -2.38. The summed E-state index contributed by atoms with van der Waals surface area (Å²) in [5, 5.41) is 3.17. The lowest BCUT2D eigenvalue weighted by Gasteiger charge is -2.31. The Morgan fingerprint density at radius 3 is 2.31 bits per heavy atom. The van der Waals surface area contributed by atoms with Crippen LogP contribution in [-0.2, 0) is 10.0 Å². The number of rotatable bonds is 6. The fraction of sp³-hybridized carbons (Fsp3) is 0.400. The monoisotopic (exact) mass is 394 g/mol. The number of hydrogen-bond acceptors (Lipinski definition) is 3. The first-order valence-corrected chi connectivity index (χ1v) is 10.4. The number of sulfonamides is 1. The van der Waals surface area contributed by atoms with E-state index in [1.807, 2.05) is 49.5 Å². The Morgan fingerprint density at radius 1 is 1.00 bits per heavy atom. The second kappa shape index (κ2) is 9.51. The van der Waals surface area contributed by atoms with E-state index in [2.05, 4.69) is 5.32 Å². The van der Waals surface area contributed by atoms with Crippen molar-refractivity contribution < 1.29 is 8.42 Å². The van der Waals surface area contributed by atoms with Crippen molar-refractivity contribution in [1.29, 1.82) is 0 Å². The molecule has 0 atom stereocenters. The summed E-state index contributed by atoms with van der Waals surface area (Å²) in [6.07, 6.45) is 3.01. The van der Waals surface area contributed by atoms with E-state index in [0.717, 1.165) is 36.9 Å². The van der Waals surface area contributed by atoms with Gasteiger partial charge in [-0.1, -0.05) is 42.5 Å². The van der Waals surface area contributed by atoms with Crippen LogP contribution in [0.4, 0.5) is 0 Å². The molecule has 6 heteroatoms. The molecular weight excluding hydrogens is 368 g/mol. The fourth-order valence-corrected chi connectivity index (χ4v) is 4.92. The molecule has 1 fully saturated rings. The predicted octanol–water partition coefficient (Wildman–Crippen LogP) is 3.79. The van der Waals surface area contributed by atoms with Crippen molar-refractivity contribution in [3.63, 3.8) is 0 Å². The number of piperidine rings is 1. The van der Waals surface area contributed by atoms with Gasteiger partial charge in [-0.2, -0.15) is 4.31 Å². The number of nitrogens with one attached hydrogen (secondary N) is 1. The Hall–Kier alpha value is -1.40. The maximum Gasteiger partial charge on any atom is 0.243 e. The van der Waals surface area contributed by atoms with E-state index in [0.29, 0.717) is 23.9 Å². The highest BCUT2D eigenvalue weighted by Crippen LogP contribution is 2.28. The highest BCUT2D eigenvalue weighted by molar-refractivity contribution is 7.89. The minimum Gasteiger partial charge on any atom is -0.320 e. The largest absolute Gasteiger partial charge is 0.320 e. The summed E-state index contributed by atoms with van der Waals surface area (Å²) in [5.74, 6) is 0.620. The molecular formula is C20H27ClN2O2S. The van der Waals surface area contributed by atoms with Crippen LogP contribution in [0.1, 0.15) is 19.3 Å². The molecule has 3 rings (SSSR count). The molecule has 0 aliphatic carbocycles. The third-order valence-corrected chi connectivity index (χ3v) is 6.85. The van der Waals surface area contributed by atoms with Gasteiger partial charge < -0.3 is 5.32 Å². The van der Waals surface area contributed by atoms with Gasteiger partial charge in [-0.05, 0) is 62.0 Å². The molecule has 0 bridgehead atoms. The topological polar surface area (TPSA) is 49.4 Å². The first kappa shape index (κ1) is 20.9. The van der Waals surface area contributed by atoms with Crippen molar-refractivity contribution in [3.8, 4) is 11.1 Å². The van der Waals surface area contributed by atoms with Crippen LogP contribution >= 0.6 is 12.4 Å². The molecule has 0 spiro atoms. The van der Waals surface area contributed by atoms with Crippen LogP contribution in [0, 0.1) is 5.92 Å². The van der Waals surface area contributed by atoms with Crippen LogP contribution < -0.4 is 5.32 Å². The highest BCUT2D eigenvalue weighted by Gasteiger charge is 2.29. The molecule has 26 heavy (non-hydrogen) atoms. The van der Waals surface area contributed by atoms with Gasteiger partial charge in [0.05, 0.1) is 4.90 Å². The first-order chi connectivity index (χ1) is 12.1. The zero-order valence-corrected chi connectivity index (χ0v) is 16.7. The van der Waals surface area contributed by atoms with Gasteiger partial charge in [0.1, 0.15) is 0 Å². The Morgan fingerprint density at radius 2 is 1.65 bits per heavy atom. The molecule has 142 valence electrons. The van der Waals surface area contributed by atoms with Crippen molar-refractivity contribution in [2.24, 2.45) is 5.92 Å². The standard InChI is InChI=1S/C20H26N2O2S.ClH/c1-21-13-10-17-11-14-22(15-12-17)25(23,24)20-9-5-8-19(16-20)18-6-3-2-4-7-18;/h2-9,16-17,21H,10-15H2,1H3;1H. The molecule has 0 amide bonds. The second-order valence-electron chi connectivity index (χ2n) is 6.63. The zero-order valence-electron chi connectivity index (χ0n) is 15.1. The molecule has 1 heterocycles. The van der Waals surface area contributed by atoms with E-state index in [9.17, 15) is 8.42 Å². The van der Waals surface area contributed by atoms with Crippen LogP contribution in [-0.4, -0.2) is 39.4 Å². The molecule has 2 aromatic rings. The fourth-order valence-electron chi connectivity index (χ4n) is 3.40. The summed E-state index contributed by atoms with van der Waals surface area (Å²) in [5.41, 5.74) is 1.97. The maximum absolute atomic E-state index is 13.0. The summed E-state index contributed by atoms with van der Waals surface area (Å²) >= 11 is 0. The second-order valence-corrected chi connectivity index (χ2v) is 8.57. The lowest BCUT2D eigenvalue weighted by molar-refractivity contribution is 0.263. The van der Waals surface area contributed by atoms with E-state index >= 15 is 0 Å². The van der Waals surface area contributed by atoms with Gasteiger partial charge in [0.25, 0.3) is 0 Å². The maximum atomic E-state index is 13.0. The molecule has 0 unspecified atom stereocenters. The van der Waals surface area contributed by atoms with Crippen LogP contribution in [0.25, 0.3) is 11.1 Å². The Balaban J connectivity index is 0.00000243. The van der Waals surface area contributed by atoms with Gasteiger partial charge in [0, 0.05) is 13.1 Å². The Labute approximate surface area is 163 Å². The van der Waals surface area contributed by atoms with E-state index in [1.165, 1.54) is 0 Å². The summed E-state index contributed by atoms with van der Waals surface area (Å²) in [6.45, 7) is 2.23. The van der Waals surface area contributed by atoms with Crippen molar-refractivity contribution in [1.82, 2.24) is 9.62 Å². The third-order valence-electron chi connectivity index (χ3n) is 4.96. The lowest BCUT2D eigenvalue weighted by atomic mass is 9.95. The predicted molar refractivity (Wildman–Crippen MR) is 109 cm³/mol. The van der Waals surface area contributed by atoms with Gasteiger partial charge in [0.15, 0.2) is 0 Å². The van der Waals surface area contributed by atoms with E-state index in [1.54, 1.807) is 16.4 Å². The minimum atomic E-state index is -3.42. The van der Waals surface area contributed by atoms with Crippen LogP contribution in [0.5, 0.6) is 0 Å². The molecule has 1 aliphatic rings. The normalized spacial score (nSPS) is 16.2. The summed E-state index contributed by atoms with van der Waals surface area (Å²) in [6, 6.07) is 17.2. The summed E-state index contributed by atoms with van der Waals surface area (Å²) in [7, 11) is -1.46. The van der Waals surface area contributed by atoms with Gasteiger partial charge in [-0.15, -0.1) is 12.4 Å². The molecule has 4 nitrogen and oxygen atoms in total. The smallest absolute Gasteiger partial charge is 0.243 e. The average molecular weight is 395 g/mol. The summed E-state index contributed by atoms with van der Waals surface area (Å²) < 4.78 is 27.7. The van der Waals surface area contributed by atoms with Crippen molar-refractivity contribution >= 4 is 22.4 Å². The summed E-state index contributed by atoms with van der Waals surface area (Å²) in [4.78, 5) is 0.391. The number of benzene rings is 2. The van der Waals surface area contributed by atoms with Crippen molar-refractivity contribution in [2.75, 3.05) is 26.7 Å². The third kappa shape index (κ3) is 4.86. The van der Waals surface area contributed by atoms with Crippen LogP contribution in [0.3, 0.4) is 0 Å². The molecule has 0 radical (unpaired) electrons. The molecule has 1 N–H and O–H groups in total. The number of hydrogen-bond donors (Lipinski definition) is 1. The molecule has 1 saturated heterocycles. The Bertz CT molecular complexity index is 788. The first-order valence-electron chi connectivity index (χ1n) is 8.91. The van der Waals surface area contributed by atoms with Crippen molar-refractivity contribution in [3.05, 3.63) is 54.6 Å². The Kier molecular flexibility index (Phi) is 7.65. The SMILES string of the molecule is CNCCC1CCN(S(=O)(=O)c2cccc(-c3ccccc3)c2)CC1.Cl. The molecule has 0 saturated carbocycles. The number of nitrogens with zero attached hydrogens (tertiary/aromatic N) is 1. The van der Waals surface area contributed by atoms with Gasteiger partial charge in [0.2, 0.25) is 10.0 Å². The molecule has 2 aromatic carbocycles. The highest BCUT2D eigenvalue weighted by atomic mass is 35.5. The van der Waals surface area contributed by atoms with Crippen molar-refractivity contribution in [2.45, 2.75) is 24.2 Å². The number of halogens is 1. The van der Waals surface area contributed by atoms with Gasteiger partial charge >= 0.3 is 0 Å². The molecule has 0 aromatic heterocycles. The quantitative estimate of drug-likeness (QED) is 0.810. The van der Waals surface area contributed by atoms with Gasteiger partial charge in [-0.3, -0.25) is 0 Å². The minimum absolute atomic E-state index is 0. The molecule has 1 aliphatic heterocycles. The van der Waals surface area contributed by atoms with Crippen LogP contribution in [0.15, 0.2) is 59.5 Å².